The molecule has 0 bridgehead atoms. The van der Waals surface area contributed by atoms with Crippen molar-refractivity contribution in [3.8, 4) is 0 Å². The zero-order valence-corrected chi connectivity index (χ0v) is 22.6. The third-order valence-electron chi connectivity index (χ3n) is 13.4. The van der Waals surface area contributed by atoms with Crippen molar-refractivity contribution >= 4 is 0 Å². The molecule has 5 fully saturated rings. The van der Waals surface area contributed by atoms with Gasteiger partial charge in [-0.05, 0) is 121 Å². The molecule has 0 aliphatic heterocycles. The van der Waals surface area contributed by atoms with E-state index in [1.54, 1.807) is 0 Å². The van der Waals surface area contributed by atoms with Crippen LogP contribution in [-0.4, -0.2) is 33.1 Å². The zero-order chi connectivity index (χ0) is 24.2. The molecular weight excluding hydrogens is 408 g/mol. The van der Waals surface area contributed by atoms with Crippen molar-refractivity contribution in [1.29, 1.82) is 0 Å². The first-order chi connectivity index (χ1) is 15.1. The summed E-state index contributed by atoms with van der Waals surface area (Å²) < 4.78 is 0. The van der Waals surface area contributed by atoms with Crippen LogP contribution in [0.3, 0.4) is 0 Å². The molecule has 5 rings (SSSR count). The summed E-state index contributed by atoms with van der Waals surface area (Å²) in [6.45, 7) is 16.7. The molecule has 190 valence electrons. The maximum atomic E-state index is 12.4. The molecule has 0 aromatic rings. The van der Waals surface area contributed by atoms with Crippen LogP contribution in [0.15, 0.2) is 0 Å². The Morgan fingerprint density at radius 2 is 0.970 bits per heavy atom. The molecule has 5 saturated carbocycles. The zero-order valence-electron chi connectivity index (χ0n) is 22.6. The smallest absolute Gasteiger partial charge is 0.0686 e. The highest BCUT2D eigenvalue weighted by Crippen LogP contribution is 2.71. The lowest BCUT2D eigenvalue weighted by atomic mass is 9.41. The fourth-order valence-corrected chi connectivity index (χ4v) is 11.7. The molecular formula is C30H52O3. The van der Waals surface area contributed by atoms with Crippen molar-refractivity contribution in [2.75, 3.05) is 0 Å². The van der Waals surface area contributed by atoms with Crippen LogP contribution in [0.25, 0.3) is 0 Å². The Labute approximate surface area is 203 Å². The highest BCUT2D eigenvalue weighted by atomic mass is 16.3. The van der Waals surface area contributed by atoms with Gasteiger partial charge in [0.25, 0.3) is 0 Å². The van der Waals surface area contributed by atoms with Crippen LogP contribution < -0.4 is 0 Å². The van der Waals surface area contributed by atoms with Crippen LogP contribution in [0.5, 0.6) is 0 Å². The highest BCUT2D eigenvalue weighted by Gasteiger charge is 2.67. The molecule has 0 saturated heterocycles. The Bertz CT molecular complexity index is 725. The van der Waals surface area contributed by atoms with Gasteiger partial charge in [-0.2, -0.15) is 0 Å². The van der Waals surface area contributed by atoms with E-state index in [0.29, 0.717) is 23.7 Å². The summed E-state index contributed by atoms with van der Waals surface area (Å²) in [5, 5.41) is 34.2. The predicted molar refractivity (Wildman–Crippen MR) is 134 cm³/mol. The maximum Gasteiger partial charge on any atom is 0.0686 e. The first kappa shape index (κ1) is 24.6. The lowest BCUT2D eigenvalue weighted by Gasteiger charge is -2.65. The van der Waals surface area contributed by atoms with Crippen molar-refractivity contribution in [2.24, 2.45) is 50.7 Å². The average molecular weight is 461 g/mol. The van der Waals surface area contributed by atoms with Crippen molar-refractivity contribution in [1.82, 2.24) is 0 Å². The number of rotatable bonds is 0. The SMILES string of the molecule is CC1(C)[C@@H](O)CC[C@@]2(C)[C@H]1CC[C@]1(O)C[C@]3(C)CC[C@H]4C(C)(C)[C@@H](O)CC[C@]4(C)[C@@H]3CC[C@@H]12. The molecule has 3 heteroatoms. The van der Waals surface area contributed by atoms with E-state index >= 15 is 0 Å². The van der Waals surface area contributed by atoms with E-state index in [1.165, 1.54) is 19.3 Å². The molecule has 5 aliphatic rings. The third kappa shape index (κ3) is 3.16. The summed E-state index contributed by atoms with van der Waals surface area (Å²) in [4.78, 5) is 0. The van der Waals surface area contributed by atoms with E-state index in [9.17, 15) is 15.3 Å². The van der Waals surface area contributed by atoms with E-state index in [1.807, 2.05) is 0 Å². The van der Waals surface area contributed by atoms with Crippen LogP contribution in [0.4, 0.5) is 0 Å². The monoisotopic (exact) mass is 460 g/mol. The second-order valence-electron chi connectivity index (χ2n) is 15.6. The van der Waals surface area contributed by atoms with E-state index in [2.05, 4.69) is 48.5 Å². The first-order valence-electron chi connectivity index (χ1n) is 14.2. The second-order valence-corrected chi connectivity index (χ2v) is 15.6. The van der Waals surface area contributed by atoms with Gasteiger partial charge >= 0.3 is 0 Å². The number of aliphatic hydroxyl groups is 3. The largest absolute Gasteiger partial charge is 0.393 e. The Hall–Kier alpha value is -0.120. The maximum absolute atomic E-state index is 12.4. The molecule has 0 amide bonds. The van der Waals surface area contributed by atoms with Crippen LogP contribution in [-0.2, 0) is 0 Å². The molecule has 0 heterocycles. The third-order valence-corrected chi connectivity index (χ3v) is 13.4. The highest BCUT2D eigenvalue weighted by molar-refractivity contribution is 5.16. The van der Waals surface area contributed by atoms with Crippen molar-refractivity contribution in [3.05, 3.63) is 0 Å². The van der Waals surface area contributed by atoms with Gasteiger partial charge in [0.05, 0.1) is 17.8 Å². The summed E-state index contributed by atoms with van der Waals surface area (Å²) in [5.74, 6) is 2.00. The van der Waals surface area contributed by atoms with E-state index in [-0.39, 0.29) is 39.3 Å². The topological polar surface area (TPSA) is 60.7 Å². The summed E-state index contributed by atoms with van der Waals surface area (Å²) >= 11 is 0. The van der Waals surface area contributed by atoms with Crippen molar-refractivity contribution in [3.63, 3.8) is 0 Å². The Balaban J connectivity index is 1.52. The molecule has 0 aromatic heterocycles. The molecule has 3 nitrogen and oxygen atoms in total. The standard InChI is InChI=1S/C30H52O3/c1-25(2)19-10-14-27(5)18-30(33)17-11-20-26(3,4)24(32)13-16-29(20,7)22(30)9-8-21(27)28(19,6)15-12-23(25)31/h19-24,31-33H,8-18H2,1-7H3/t19-,20-,21+,22+,23-,24-,27-,28-,29-,30-/m0/s1. The van der Waals surface area contributed by atoms with E-state index in [4.69, 9.17) is 0 Å². The van der Waals surface area contributed by atoms with Gasteiger partial charge in [-0.15, -0.1) is 0 Å². The van der Waals surface area contributed by atoms with Gasteiger partial charge < -0.3 is 15.3 Å². The minimum absolute atomic E-state index is 0.0229. The number of aliphatic hydroxyl groups excluding tert-OH is 2. The lowest BCUT2D eigenvalue weighted by Crippen LogP contribution is -2.62. The predicted octanol–water partition coefficient (Wildman–Crippen LogP) is 6.33. The Kier molecular flexibility index (Phi) is 5.38. The lowest BCUT2D eigenvalue weighted by molar-refractivity contribution is -0.212. The molecule has 3 N–H and O–H groups in total. The summed E-state index contributed by atoms with van der Waals surface area (Å²) in [6.07, 6.45) is 11.2. The fourth-order valence-electron chi connectivity index (χ4n) is 11.7. The van der Waals surface area contributed by atoms with Crippen LogP contribution >= 0.6 is 0 Å². The van der Waals surface area contributed by atoms with Gasteiger partial charge in [0, 0.05) is 0 Å². The molecule has 5 aliphatic carbocycles. The summed E-state index contributed by atoms with van der Waals surface area (Å²) in [6, 6.07) is 0. The fraction of sp³-hybridized carbons (Fsp3) is 1.00. The Morgan fingerprint density at radius 3 is 1.52 bits per heavy atom. The molecule has 10 atom stereocenters. The van der Waals surface area contributed by atoms with Crippen LogP contribution in [0.2, 0.25) is 0 Å². The molecule has 0 spiro atoms. The van der Waals surface area contributed by atoms with Gasteiger partial charge in [0.15, 0.2) is 0 Å². The number of hydrogen-bond acceptors (Lipinski definition) is 3. The molecule has 0 unspecified atom stereocenters. The quantitative estimate of drug-likeness (QED) is 0.395. The first-order valence-corrected chi connectivity index (χ1v) is 14.2. The van der Waals surface area contributed by atoms with Gasteiger partial charge in [0.1, 0.15) is 0 Å². The number of hydrogen-bond donors (Lipinski definition) is 3. The van der Waals surface area contributed by atoms with Gasteiger partial charge in [-0.25, -0.2) is 0 Å². The summed E-state index contributed by atoms with van der Waals surface area (Å²) in [7, 11) is 0. The average Bonchev–Trinajstić information content (AvgIpc) is 2.82. The van der Waals surface area contributed by atoms with Gasteiger partial charge in [-0.3, -0.25) is 0 Å². The number of fused-ring (bicyclic) bond motifs is 6. The summed E-state index contributed by atoms with van der Waals surface area (Å²) in [5.41, 5.74) is -0.118. The van der Waals surface area contributed by atoms with Crippen molar-refractivity contribution in [2.45, 2.75) is 137 Å². The second kappa shape index (κ2) is 7.22. The minimum Gasteiger partial charge on any atom is -0.393 e. The Morgan fingerprint density at radius 1 is 0.515 bits per heavy atom. The van der Waals surface area contributed by atoms with E-state index in [0.717, 1.165) is 51.4 Å². The van der Waals surface area contributed by atoms with Gasteiger partial charge in [-0.1, -0.05) is 48.5 Å². The minimum atomic E-state index is -0.569. The normalized spacial score (nSPS) is 57.6. The molecule has 33 heavy (non-hydrogen) atoms. The van der Waals surface area contributed by atoms with Crippen LogP contribution in [0, 0.1) is 50.7 Å². The molecule has 0 radical (unpaired) electrons. The van der Waals surface area contributed by atoms with Gasteiger partial charge in [0.2, 0.25) is 0 Å². The van der Waals surface area contributed by atoms with Crippen molar-refractivity contribution < 1.29 is 15.3 Å². The molecule has 0 aromatic carbocycles. The van der Waals surface area contributed by atoms with E-state index < -0.39 is 5.60 Å². The van der Waals surface area contributed by atoms with Crippen LogP contribution in [0.1, 0.15) is 119 Å².